The number of aromatic nitrogens is 2. The Morgan fingerprint density at radius 3 is 2.53 bits per heavy atom. The Balaban J connectivity index is 2.30. The molecule has 0 unspecified atom stereocenters. The van der Waals surface area contributed by atoms with Gasteiger partial charge in [-0.3, -0.25) is 0 Å². The molecular formula is C12H11BrFN3. The Morgan fingerprint density at radius 2 is 1.94 bits per heavy atom. The Labute approximate surface area is 107 Å². The van der Waals surface area contributed by atoms with E-state index in [4.69, 9.17) is 5.73 Å². The van der Waals surface area contributed by atoms with Crippen LogP contribution in [-0.2, 0) is 6.42 Å². The van der Waals surface area contributed by atoms with Crippen LogP contribution in [0.2, 0.25) is 0 Å². The molecule has 0 saturated heterocycles. The lowest BCUT2D eigenvalue weighted by molar-refractivity contribution is 0.621. The largest absolute Gasteiger partial charge is 0.330 e. The van der Waals surface area contributed by atoms with E-state index in [-0.39, 0.29) is 5.82 Å². The van der Waals surface area contributed by atoms with E-state index in [0.29, 0.717) is 16.8 Å². The molecule has 0 aliphatic rings. The molecule has 0 radical (unpaired) electrons. The first-order valence-corrected chi connectivity index (χ1v) is 5.96. The summed E-state index contributed by atoms with van der Waals surface area (Å²) in [6.07, 6.45) is 4.24. The van der Waals surface area contributed by atoms with Gasteiger partial charge in [-0.15, -0.1) is 0 Å². The van der Waals surface area contributed by atoms with Crippen LogP contribution in [0.5, 0.6) is 0 Å². The van der Waals surface area contributed by atoms with Gasteiger partial charge in [0.15, 0.2) is 5.82 Å². The second kappa shape index (κ2) is 5.33. The van der Waals surface area contributed by atoms with E-state index in [1.165, 1.54) is 6.07 Å². The lowest BCUT2D eigenvalue weighted by atomic mass is 10.2. The molecule has 2 N–H and O–H groups in total. The minimum absolute atomic E-state index is 0.298. The van der Waals surface area contributed by atoms with Crippen molar-refractivity contribution in [2.24, 2.45) is 5.73 Å². The molecule has 0 bridgehead atoms. The first-order chi connectivity index (χ1) is 8.20. The molecule has 3 nitrogen and oxygen atoms in total. The second-order valence-electron chi connectivity index (χ2n) is 3.58. The highest BCUT2D eigenvalue weighted by Gasteiger charge is 2.05. The first kappa shape index (κ1) is 12.1. The minimum atomic E-state index is -0.298. The van der Waals surface area contributed by atoms with Gasteiger partial charge in [-0.1, -0.05) is 0 Å². The molecule has 0 atom stereocenters. The Kier molecular flexibility index (Phi) is 3.81. The van der Waals surface area contributed by atoms with E-state index < -0.39 is 0 Å². The van der Waals surface area contributed by atoms with Crippen LogP contribution in [-0.4, -0.2) is 16.5 Å². The molecular weight excluding hydrogens is 285 g/mol. The van der Waals surface area contributed by atoms with Crippen molar-refractivity contribution in [2.75, 3.05) is 6.54 Å². The number of nitrogens with two attached hydrogens (primary N) is 1. The third-order valence-electron chi connectivity index (χ3n) is 2.32. The van der Waals surface area contributed by atoms with Crippen LogP contribution in [0.15, 0.2) is 35.1 Å². The fourth-order valence-electron chi connectivity index (χ4n) is 1.43. The molecule has 2 rings (SSSR count). The van der Waals surface area contributed by atoms with E-state index in [2.05, 4.69) is 25.9 Å². The van der Waals surface area contributed by atoms with Crippen molar-refractivity contribution < 1.29 is 4.39 Å². The molecule has 1 aromatic heterocycles. The van der Waals surface area contributed by atoms with Crippen molar-refractivity contribution in [3.63, 3.8) is 0 Å². The standard InChI is InChI=1S/C12H11BrFN3/c13-10-5-9(1-2-11(10)14)12-16-6-8(3-4-15)7-17-12/h1-2,5-7H,3-4,15H2. The maximum Gasteiger partial charge on any atom is 0.159 e. The number of halogens is 2. The van der Waals surface area contributed by atoms with Crippen molar-refractivity contribution in [1.29, 1.82) is 0 Å². The number of hydrogen-bond acceptors (Lipinski definition) is 3. The van der Waals surface area contributed by atoms with Crippen molar-refractivity contribution in [2.45, 2.75) is 6.42 Å². The van der Waals surface area contributed by atoms with Gasteiger partial charge >= 0.3 is 0 Å². The lowest BCUT2D eigenvalue weighted by Crippen LogP contribution is -2.03. The summed E-state index contributed by atoms with van der Waals surface area (Å²) in [5, 5.41) is 0. The van der Waals surface area contributed by atoms with Crippen LogP contribution in [0.1, 0.15) is 5.56 Å². The summed E-state index contributed by atoms with van der Waals surface area (Å²) in [6, 6.07) is 4.70. The van der Waals surface area contributed by atoms with Gasteiger partial charge in [0.25, 0.3) is 0 Å². The zero-order valence-electron chi connectivity index (χ0n) is 9.03. The van der Waals surface area contributed by atoms with Gasteiger partial charge in [-0.25, -0.2) is 14.4 Å². The van der Waals surface area contributed by atoms with E-state index >= 15 is 0 Å². The number of rotatable bonds is 3. The van der Waals surface area contributed by atoms with E-state index in [9.17, 15) is 4.39 Å². The normalized spacial score (nSPS) is 10.5. The lowest BCUT2D eigenvalue weighted by Gasteiger charge is -2.03. The fourth-order valence-corrected chi connectivity index (χ4v) is 1.81. The summed E-state index contributed by atoms with van der Waals surface area (Å²) in [7, 11) is 0. The molecule has 1 aromatic carbocycles. The van der Waals surface area contributed by atoms with Crippen LogP contribution in [0.25, 0.3) is 11.4 Å². The predicted octanol–water partition coefficient (Wildman–Crippen LogP) is 2.55. The number of hydrogen-bond donors (Lipinski definition) is 1. The maximum atomic E-state index is 13.1. The van der Waals surface area contributed by atoms with Gasteiger partial charge in [0.05, 0.1) is 4.47 Å². The molecule has 0 spiro atoms. The van der Waals surface area contributed by atoms with Crippen LogP contribution in [0.4, 0.5) is 4.39 Å². The average Bonchev–Trinajstić information content (AvgIpc) is 2.34. The molecule has 88 valence electrons. The molecule has 17 heavy (non-hydrogen) atoms. The third kappa shape index (κ3) is 2.87. The summed E-state index contributed by atoms with van der Waals surface area (Å²) in [4.78, 5) is 8.46. The van der Waals surface area contributed by atoms with Crippen molar-refractivity contribution >= 4 is 15.9 Å². The summed E-state index contributed by atoms with van der Waals surface area (Å²) in [5.74, 6) is 0.278. The highest BCUT2D eigenvalue weighted by atomic mass is 79.9. The van der Waals surface area contributed by atoms with E-state index in [1.807, 2.05) is 0 Å². The molecule has 0 aliphatic heterocycles. The average molecular weight is 296 g/mol. The topological polar surface area (TPSA) is 51.8 Å². The Morgan fingerprint density at radius 1 is 1.24 bits per heavy atom. The van der Waals surface area contributed by atoms with Crippen molar-refractivity contribution in [3.05, 3.63) is 46.4 Å². The smallest absolute Gasteiger partial charge is 0.159 e. The van der Waals surface area contributed by atoms with Gasteiger partial charge in [-0.2, -0.15) is 0 Å². The predicted molar refractivity (Wildman–Crippen MR) is 67.9 cm³/mol. The monoisotopic (exact) mass is 295 g/mol. The first-order valence-electron chi connectivity index (χ1n) is 5.17. The highest BCUT2D eigenvalue weighted by Crippen LogP contribution is 2.22. The Hall–Kier alpha value is -1.33. The van der Waals surface area contributed by atoms with Crippen molar-refractivity contribution in [1.82, 2.24) is 9.97 Å². The molecule has 0 amide bonds. The zero-order chi connectivity index (χ0) is 12.3. The number of benzene rings is 1. The summed E-state index contributed by atoms with van der Waals surface area (Å²) in [6.45, 7) is 0.574. The van der Waals surface area contributed by atoms with E-state index in [1.54, 1.807) is 24.5 Å². The van der Waals surface area contributed by atoms with Crippen molar-refractivity contribution in [3.8, 4) is 11.4 Å². The van der Waals surface area contributed by atoms with Crippen LogP contribution in [0.3, 0.4) is 0 Å². The van der Waals surface area contributed by atoms with Gasteiger partial charge in [0.1, 0.15) is 5.82 Å². The molecule has 0 aliphatic carbocycles. The van der Waals surface area contributed by atoms with Gasteiger partial charge in [-0.05, 0) is 52.7 Å². The van der Waals surface area contributed by atoms with Gasteiger partial charge in [0.2, 0.25) is 0 Å². The molecule has 0 fully saturated rings. The minimum Gasteiger partial charge on any atom is -0.330 e. The summed E-state index contributed by atoms with van der Waals surface area (Å²) in [5.41, 5.74) is 7.22. The number of nitrogens with zero attached hydrogens (tertiary/aromatic N) is 2. The molecule has 0 saturated carbocycles. The molecule has 5 heteroatoms. The van der Waals surface area contributed by atoms with Gasteiger partial charge < -0.3 is 5.73 Å². The van der Waals surface area contributed by atoms with E-state index in [0.717, 1.165) is 17.5 Å². The maximum absolute atomic E-state index is 13.1. The SMILES string of the molecule is NCCc1cnc(-c2ccc(F)c(Br)c2)nc1. The molecule has 1 heterocycles. The fraction of sp³-hybridized carbons (Fsp3) is 0.167. The van der Waals surface area contributed by atoms with Gasteiger partial charge in [0, 0.05) is 18.0 Å². The zero-order valence-corrected chi connectivity index (χ0v) is 10.6. The highest BCUT2D eigenvalue weighted by molar-refractivity contribution is 9.10. The van der Waals surface area contributed by atoms with Crippen LogP contribution < -0.4 is 5.73 Å². The second-order valence-corrected chi connectivity index (χ2v) is 4.44. The molecule has 2 aromatic rings. The van der Waals surface area contributed by atoms with Crippen LogP contribution >= 0.6 is 15.9 Å². The third-order valence-corrected chi connectivity index (χ3v) is 2.92. The summed E-state index contributed by atoms with van der Waals surface area (Å²) < 4.78 is 13.5. The van der Waals surface area contributed by atoms with Crippen LogP contribution in [0, 0.1) is 5.82 Å². The summed E-state index contributed by atoms with van der Waals surface area (Å²) >= 11 is 3.14. The quantitative estimate of drug-likeness (QED) is 0.947. The Bertz CT molecular complexity index is 514.